The van der Waals surface area contributed by atoms with Gasteiger partial charge in [0.25, 0.3) is 0 Å². The average molecular weight is 289 g/mol. The van der Waals surface area contributed by atoms with Crippen LogP contribution in [0.2, 0.25) is 0 Å². The summed E-state index contributed by atoms with van der Waals surface area (Å²) in [5.74, 6) is 2.02. The van der Waals surface area contributed by atoms with Crippen LogP contribution >= 0.6 is 12.2 Å². The van der Waals surface area contributed by atoms with Crippen molar-refractivity contribution >= 4 is 28.7 Å². The fourth-order valence-corrected chi connectivity index (χ4v) is 1.80. The van der Waals surface area contributed by atoms with E-state index >= 15 is 0 Å². The maximum absolute atomic E-state index is 5.57. The van der Waals surface area contributed by atoms with Gasteiger partial charge in [0.1, 0.15) is 22.3 Å². The quantitative estimate of drug-likeness (QED) is 0.824. The predicted octanol–water partition coefficient (Wildman–Crippen LogP) is 2.48. The van der Waals surface area contributed by atoms with Gasteiger partial charge in [-0.25, -0.2) is 4.98 Å². The highest BCUT2D eigenvalue weighted by molar-refractivity contribution is 7.80. The lowest BCUT2D eigenvalue weighted by Crippen LogP contribution is -2.12. The summed E-state index contributed by atoms with van der Waals surface area (Å²) in [6, 6.07) is 10.9. The van der Waals surface area contributed by atoms with Crippen molar-refractivity contribution in [3.8, 4) is 11.5 Å². The van der Waals surface area contributed by atoms with E-state index in [1.54, 1.807) is 26.4 Å². The molecule has 0 aliphatic carbocycles. The minimum absolute atomic E-state index is 0.260. The van der Waals surface area contributed by atoms with Crippen LogP contribution in [0.5, 0.6) is 11.5 Å². The second kappa shape index (κ2) is 6.21. The van der Waals surface area contributed by atoms with Gasteiger partial charge in [0, 0.05) is 6.07 Å². The van der Waals surface area contributed by atoms with Crippen molar-refractivity contribution in [1.82, 2.24) is 4.98 Å². The first-order valence-corrected chi connectivity index (χ1v) is 6.31. The maximum atomic E-state index is 5.57. The first kappa shape index (κ1) is 14.1. The van der Waals surface area contributed by atoms with Gasteiger partial charge in [-0.2, -0.15) is 0 Å². The molecule has 0 aliphatic heterocycles. The van der Waals surface area contributed by atoms with Gasteiger partial charge >= 0.3 is 0 Å². The van der Waals surface area contributed by atoms with Crippen molar-refractivity contribution < 1.29 is 9.47 Å². The van der Waals surface area contributed by atoms with Crippen molar-refractivity contribution in [3.63, 3.8) is 0 Å². The molecule has 3 N–H and O–H groups in total. The van der Waals surface area contributed by atoms with Crippen LogP contribution in [0, 0.1) is 0 Å². The molecular weight excluding hydrogens is 274 g/mol. The van der Waals surface area contributed by atoms with E-state index in [0.29, 0.717) is 17.3 Å². The van der Waals surface area contributed by atoms with Gasteiger partial charge in [0.05, 0.1) is 25.6 Å². The average Bonchev–Trinajstić information content (AvgIpc) is 2.48. The minimum Gasteiger partial charge on any atom is -0.497 e. The van der Waals surface area contributed by atoms with E-state index in [1.165, 1.54) is 0 Å². The molecule has 1 heterocycles. The van der Waals surface area contributed by atoms with Crippen LogP contribution in [-0.2, 0) is 0 Å². The molecule has 2 rings (SSSR count). The largest absolute Gasteiger partial charge is 0.497 e. The number of benzene rings is 1. The fourth-order valence-electron chi connectivity index (χ4n) is 1.68. The van der Waals surface area contributed by atoms with Gasteiger partial charge in [0.2, 0.25) is 0 Å². The van der Waals surface area contributed by atoms with Crippen LogP contribution < -0.4 is 20.5 Å². The molecule has 0 unspecified atom stereocenters. The van der Waals surface area contributed by atoms with Gasteiger partial charge in [-0.3, -0.25) is 0 Å². The third-order valence-electron chi connectivity index (χ3n) is 2.67. The van der Waals surface area contributed by atoms with Crippen molar-refractivity contribution in [1.29, 1.82) is 0 Å². The summed E-state index contributed by atoms with van der Waals surface area (Å²) in [5.41, 5.74) is 6.92. The van der Waals surface area contributed by atoms with Crippen molar-refractivity contribution in [3.05, 3.63) is 42.1 Å². The van der Waals surface area contributed by atoms with Gasteiger partial charge in [-0.1, -0.05) is 18.3 Å². The van der Waals surface area contributed by atoms with Gasteiger partial charge in [-0.15, -0.1) is 0 Å². The lowest BCUT2D eigenvalue weighted by atomic mass is 10.2. The predicted molar refractivity (Wildman–Crippen MR) is 83.0 cm³/mol. The second-order valence-corrected chi connectivity index (χ2v) is 4.40. The van der Waals surface area contributed by atoms with E-state index in [-0.39, 0.29) is 4.99 Å². The molecule has 0 bridgehead atoms. The Hall–Kier alpha value is -2.34. The number of hydrogen-bond acceptors (Lipinski definition) is 5. The van der Waals surface area contributed by atoms with E-state index in [1.807, 2.05) is 24.3 Å². The monoisotopic (exact) mass is 289 g/mol. The fraction of sp³-hybridized carbons (Fsp3) is 0.143. The maximum Gasteiger partial charge on any atom is 0.146 e. The molecule has 0 spiro atoms. The molecule has 6 heteroatoms. The highest BCUT2D eigenvalue weighted by Crippen LogP contribution is 2.30. The van der Waals surface area contributed by atoms with Gasteiger partial charge in [-0.05, 0) is 24.3 Å². The van der Waals surface area contributed by atoms with E-state index in [4.69, 9.17) is 27.4 Å². The molecule has 5 nitrogen and oxygen atoms in total. The Bertz CT molecular complexity index is 632. The van der Waals surface area contributed by atoms with Crippen LogP contribution in [0.1, 0.15) is 5.69 Å². The summed E-state index contributed by atoms with van der Waals surface area (Å²) in [6.07, 6.45) is 0. The number of methoxy groups -OCH3 is 2. The van der Waals surface area contributed by atoms with Crippen LogP contribution in [0.25, 0.3) is 0 Å². The summed E-state index contributed by atoms with van der Waals surface area (Å²) in [5, 5.41) is 3.16. The number of aromatic nitrogens is 1. The second-order valence-electron chi connectivity index (χ2n) is 3.96. The third kappa shape index (κ3) is 3.16. The summed E-state index contributed by atoms with van der Waals surface area (Å²) in [6.45, 7) is 0. The Morgan fingerprint density at radius 2 is 2.00 bits per heavy atom. The highest BCUT2D eigenvalue weighted by atomic mass is 32.1. The number of anilines is 2. The molecule has 0 aliphatic rings. The molecule has 2 aromatic rings. The first-order valence-electron chi connectivity index (χ1n) is 5.90. The number of hydrogen-bond donors (Lipinski definition) is 2. The van der Waals surface area contributed by atoms with Gasteiger partial charge in [0.15, 0.2) is 0 Å². The lowest BCUT2D eigenvalue weighted by molar-refractivity contribution is 0.395. The number of pyridine rings is 1. The molecule has 1 aromatic carbocycles. The Kier molecular flexibility index (Phi) is 4.37. The van der Waals surface area contributed by atoms with E-state index in [0.717, 1.165) is 11.4 Å². The molecule has 0 amide bonds. The molecule has 0 atom stereocenters. The third-order valence-corrected chi connectivity index (χ3v) is 2.88. The topological polar surface area (TPSA) is 69.4 Å². The lowest BCUT2D eigenvalue weighted by Gasteiger charge is -2.12. The number of nitrogens with two attached hydrogens (primary N) is 1. The molecule has 20 heavy (non-hydrogen) atoms. The molecule has 104 valence electrons. The molecule has 0 fully saturated rings. The zero-order valence-corrected chi connectivity index (χ0v) is 12.0. The molecule has 0 saturated heterocycles. The highest BCUT2D eigenvalue weighted by Gasteiger charge is 2.07. The smallest absolute Gasteiger partial charge is 0.146 e. The molecule has 0 saturated carbocycles. The Morgan fingerprint density at radius 3 is 2.65 bits per heavy atom. The summed E-state index contributed by atoms with van der Waals surface area (Å²) in [7, 11) is 3.20. The number of nitrogens with zero attached hydrogens (tertiary/aromatic N) is 1. The zero-order chi connectivity index (χ0) is 14.5. The van der Waals surface area contributed by atoms with E-state index < -0.39 is 0 Å². The van der Waals surface area contributed by atoms with Crippen LogP contribution in [0.3, 0.4) is 0 Å². The van der Waals surface area contributed by atoms with Gasteiger partial charge < -0.3 is 20.5 Å². The summed E-state index contributed by atoms with van der Waals surface area (Å²) in [4.78, 5) is 4.58. The van der Waals surface area contributed by atoms with E-state index in [9.17, 15) is 0 Å². The summed E-state index contributed by atoms with van der Waals surface area (Å²) >= 11 is 4.91. The normalized spacial score (nSPS) is 9.90. The number of rotatable bonds is 5. The molecule has 0 radical (unpaired) electrons. The molecular formula is C14H15N3O2S. The van der Waals surface area contributed by atoms with E-state index in [2.05, 4.69) is 10.3 Å². The number of thiocarbonyl (C=S) groups is 1. The van der Waals surface area contributed by atoms with Crippen LogP contribution in [-0.4, -0.2) is 24.2 Å². The van der Waals surface area contributed by atoms with Crippen LogP contribution in [0.15, 0.2) is 36.4 Å². The zero-order valence-electron chi connectivity index (χ0n) is 11.2. The number of ether oxygens (including phenoxy) is 2. The molecule has 1 aromatic heterocycles. The number of nitrogens with one attached hydrogen (secondary N) is 1. The Balaban J connectivity index is 2.29. The summed E-state index contributed by atoms with van der Waals surface area (Å²) < 4.78 is 10.5. The Labute approximate surface area is 122 Å². The van der Waals surface area contributed by atoms with Crippen molar-refractivity contribution in [2.75, 3.05) is 19.5 Å². The van der Waals surface area contributed by atoms with Crippen molar-refractivity contribution in [2.24, 2.45) is 5.73 Å². The SMILES string of the molecule is COc1ccc(Nc2cccc(C(N)=S)n2)c(OC)c1. The Morgan fingerprint density at radius 1 is 1.20 bits per heavy atom. The van der Waals surface area contributed by atoms with Crippen molar-refractivity contribution in [2.45, 2.75) is 0 Å². The van der Waals surface area contributed by atoms with Crippen LogP contribution in [0.4, 0.5) is 11.5 Å². The first-order chi connectivity index (χ1) is 9.63. The minimum atomic E-state index is 0.260. The standard InChI is InChI=1S/C14H15N3O2S/c1-18-9-6-7-10(12(8-9)19-2)16-13-5-3-4-11(17-13)14(15)20/h3-8H,1-2H3,(H2,15,20)(H,16,17).